The minimum atomic E-state index is -0.693. The molecule has 0 radical (unpaired) electrons. The molecule has 3 heterocycles. The Labute approximate surface area is 210 Å². The zero-order valence-electron chi connectivity index (χ0n) is 19.5. The van der Waals surface area contributed by atoms with Gasteiger partial charge in [0.1, 0.15) is 18.4 Å². The van der Waals surface area contributed by atoms with Crippen molar-refractivity contribution >= 4 is 23.6 Å². The van der Waals surface area contributed by atoms with Gasteiger partial charge in [0.2, 0.25) is 11.8 Å². The molecule has 2 aliphatic rings. The number of carbonyl (C=O) groups excluding carboxylic acids is 4. The number of nitrogens with zero attached hydrogens (tertiary/aromatic N) is 5. The maximum Gasteiger partial charge on any atom is 0.273 e. The molecule has 5 rings (SSSR count). The number of fused-ring (bicyclic) bond motifs is 1. The topological polar surface area (TPSA) is 159 Å². The summed E-state index contributed by atoms with van der Waals surface area (Å²) in [6, 6.07) is 13.2. The molecule has 1 aromatic heterocycles. The lowest BCUT2D eigenvalue weighted by Gasteiger charge is -2.29. The van der Waals surface area contributed by atoms with Crippen LogP contribution in [0.3, 0.4) is 0 Å². The lowest BCUT2D eigenvalue weighted by Crippen LogP contribution is -2.52. The van der Waals surface area contributed by atoms with Gasteiger partial charge in [-0.15, -0.1) is 5.10 Å². The highest BCUT2D eigenvalue weighted by Crippen LogP contribution is 2.29. The normalized spacial score (nSPS) is 16.7. The van der Waals surface area contributed by atoms with Crippen molar-refractivity contribution in [1.82, 2.24) is 30.5 Å². The molecule has 1 fully saturated rings. The largest absolute Gasteiger partial charge is 0.492 e. The summed E-state index contributed by atoms with van der Waals surface area (Å²) in [6.07, 6.45) is 1.92. The van der Waals surface area contributed by atoms with Crippen LogP contribution in [-0.4, -0.2) is 62.7 Å². The highest BCUT2D eigenvalue weighted by molar-refractivity contribution is 6.05. The zero-order valence-corrected chi connectivity index (χ0v) is 19.5. The maximum absolute atomic E-state index is 13.0. The van der Waals surface area contributed by atoms with E-state index in [1.165, 1.54) is 15.8 Å². The van der Waals surface area contributed by atoms with Crippen molar-refractivity contribution in [3.63, 3.8) is 0 Å². The van der Waals surface area contributed by atoms with Crippen molar-refractivity contribution in [2.24, 2.45) is 0 Å². The Morgan fingerprint density at radius 3 is 2.89 bits per heavy atom. The molecule has 2 aromatic carbocycles. The lowest BCUT2D eigenvalue weighted by atomic mass is 10.0. The fraction of sp³-hybridized carbons (Fsp3) is 0.240. The van der Waals surface area contributed by atoms with Gasteiger partial charge in [-0.2, -0.15) is 5.26 Å². The number of hydrogen-bond acceptors (Lipinski definition) is 8. The number of carbonyl (C=O) groups is 4. The van der Waals surface area contributed by atoms with Gasteiger partial charge < -0.3 is 15.0 Å². The molecule has 0 bridgehead atoms. The first-order valence-electron chi connectivity index (χ1n) is 11.5. The van der Waals surface area contributed by atoms with Gasteiger partial charge >= 0.3 is 0 Å². The second-order valence-electron chi connectivity index (χ2n) is 8.53. The van der Waals surface area contributed by atoms with Crippen molar-refractivity contribution < 1.29 is 23.9 Å². The van der Waals surface area contributed by atoms with E-state index in [2.05, 4.69) is 20.9 Å². The standard InChI is InChI=1S/C25H21N7O5/c26-12-15-2-1-3-18(10-15)37-9-8-27-23(34)20-14-32(30-29-20)17-5-4-16-13-31(25(36)19(16)11-17)21-6-7-22(33)28-24(21)35/h1-5,10-11,14,21H,6-9,13H2,(H,27,34)(H,28,33,35). The summed E-state index contributed by atoms with van der Waals surface area (Å²) in [6.45, 7) is 0.686. The highest BCUT2D eigenvalue weighted by atomic mass is 16.5. The summed E-state index contributed by atoms with van der Waals surface area (Å²) in [5, 5.41) is 21.8. The number of benzene rings is 2. The molecule has 4 amide bonds. The van der Waals surface area contributed by atoms with Crippen molar-refractivity contribution in [1.29, 1.82) is 5.26 Å². The first-order chi connectivity index (χ1) is 17.9. The highest BCUT2D eigenvalue weighted by Gasteiger charge is 2.39. The fourth-order valence-electron chi connectivity index (χ4n) is 4.26. The van der Waals surface area contributed by atoms with Crippen LogP contribution in [-0.2, 0) is 16.1 Å². The number of piperidine rings is 1. The second-order valence-corrected chi connectivity index (χ2v) is 8.53. The van der Waals surface area contributed by atoms with Crippen LogP contribution in [0.5, 0.6) is 5.75 Å². The molecule has 37 heavy (non-hydrogen) atoms. The molecule has 0 aliphatic carbocycles. The zero-order chi connectivity index (χ0) is 25.9. The Morgan fingerprint density at radius 1 is 1.22 bits per heavy atom. The Kier molecular flexibility index (Phi) is 6.34. The molecule has 0 spiro atoms. The number of amides is 4. The summed E-state index contributed by atoms with van der Waals surface area (Å²) in [5.74, 6) is -1.02. The van der Waals surface area contributed by atoms with Gasteiger partial charge in [0.05, 0.1) is 30.1 Å². The van der Waals surface area contributed by atoms with Crippen molar-refractivity contribution in [2.75, 3.05) is 13.2 Å². The van der Waals surface area contributed by atoms with Crippen LogP contribution < -0.4 is 15.4 Å². The molecule has 2 N–H and O–H groups in total. The molecule has 2 aliphatic heterocycles. The number of nitrogens with one attached hydrogen (secondary N) is 2. The van der Waals surface area contributed by atoms with E-state index in [4.69, 9.17) is 10.00 Å². The molecule has 1 unspecified atom stereocenters. The van der Waals surface area contributed by atoms with E-state index in [1.54, 1.807) is 42.5 Å². The number of imide groups is 1. The Bertz CT molecular complexity index is 1460. The monoisotopic (exact) mass is 499 g/mol. The van der Waals surface area contributed by atoms with E-state index in [1.807, 2.05) is 6.07 Å². The van der Waals surface area contributed by atoms with E-state index < -0.39 is 17.9 Å². The van der Waals surface area contributed by atoms with Crippen LogP contribution in [0.15, 0.2) is 48.7 Å². The lowest BCUT2D eigenvalue weighted by molar-refractivity contribution is -0.136. The van der Waals surface area contributed by atoms with Crippen molar-refractivity contribution in [3.05, 3.63) is 71.0 Å². The number of ether oxygens (including phenoxy) is 1. The van der Waals surface area contributed by atoms with Crippen molar-refractivity contribution in [3.8, 4) is 17.5 Å². The maximum atomic E-state index is 13.0. The Morgan fingerprint density at radius 2 is 2.08 bits per heavy atom. The van der Waals surface area contributed by atoms with Crippen LogP contribution in [0, 0.1) is 11.3 Å². The third-order valence-corrected chi connectivity index (χ3v) is 6.12. The quantitative estimate of drug-likeness (QED) is 0.355. The van der Waals surface area contributed by atoms with Gasteiger partial charge in [-0.05, 0) is 42.3 Å². The second kappa shape index (κ2) is 9.90. The minimum absolute atomic E-state index is 0.0865. The molecule has 3 aromatic rings. The first-order valence-corrected chi connectivity index (χ1v) is 11.5. The SMILES string of the molecule is N#Cc1cccc(OCCNC(=O)c2cn(-c3ccc4c(c3)C(=O)N(C3CCC(=O)NC3=O)C4)nn2)c1. The van der Waals surface area contributed by atoms with Gasteiger partial charge in [-0.25, -0.2) is 4.68 Å². The molecule has 12 heteroatoms. The molecule has 0 saturated carbocycles. The molecule has 1 saturated heterocycles. The van der Waals surface area contributed by atoms with Gasteiger partial charge in [-0.3, -0.25) is 24.5 Å². The van der Waals surface area contributed by atoms with Gasteiger partial charge in [0.25, 0.3) is 11.8 Å². The van der Waals surface area contributed by atoms with E-state index in [0.717, 1.165) is 5.56 Å². The molecular weight excluding hydrogens is 478 g/mol. The Balaban J connectivity index is 1.20. The molecule has 1 atom stereocenters. The van der Waals surface area contributed by atoms with Crippen LogP contribution >= 0.6 is 0 Å². The van der Waals surface area contributed by atoms with Crippen LogP contribution in [0.4, 0.5) is 0 Å². The van der Waals surface area contributed by atoms with E-state index in [-0.39, 0.29) is 50.0 Å². The average molecular weight is 499 g/mol. The first kappa shape index (κ1) is 23.7. The smallest absolute Gasteiger partial charge is 0.273 e. The molecule has 186 valence electrons. The van der Waals surface area contributed by atoms with Crippen LogP contribution in [0.1, 0.15) is 44.8 Å². The summed E-state index contributed by atoms with van der Waals surface area (Å²) < 4.78 is 6.93. The predicted octanol–water partition coefficient (Wildman–Crippen LogP) is 0.709. The number of nitriles is 1. The Hall–Kier alpha value is -5.05. The predicted molar refractivity (Wildman–Crippen MR) is 126 cm³/mol. The van der Waals surface area contributed by atoms with Gasteiger partial charge in [0.15, 0.2) is 5.69 Å². The summed E-state index contributed by atoms with van der Waals surface area (Å²) in [5.41, 5.74) is 2.29. The van der Waals surface area contributed by atoms with E-state index in [9.17, 15) is 19.2 Å². The third kappa shape index (κ3) is 4.87. The molecular formula is C25H21N7O5. The fourth-order valence-corrected chi connectivity index (χ4v) is 4.26. The van der Waals surface area contributed by atoms with Crippen molar-refractivity contribution in [2.45, 2.75) is 25.4 Å². The van der Waals surface area contributed by atoms with Crippen LogP contribution in [0.25, 0.3) is 5.69 Å². The van der Waals surface area contributed by atoms with E-state index in [0.29, 0.717) is 22.6 Å². The number of rotatable bonds is 7. The van der Waals surface area contributed by atoms with Gasteiger partial charge in [-0.1, -0.05) is 17.3 Å². The number of aromatic nitrogens is 3. The average Bonchev–Trinajstić information content (AvgIpc) is 3.52. The summed E-state index contributed by atoms with van der Waals surface area (Å²) in [7, 11) is 0. The number of hydrogen-bond donors (Lipinski definition) is 2. The van der Waals surface area contributed by atoms with Gasteiger partial charge in [0, 0.05) is 18.5 Å². The third-order valence-electron chi connectivity index (χ3n) is 6.12. The van der Waals surface area contributed by atoms with E-state index >= 15 is 0 Å². The summed E-state index contributed by atoms with van der Waals surface area (Å²) in [4.78, 5) is 50.6. The summed E-state index contributed by atoms with van der Waals surface area (Å²) >= 11 is 0. The minimum Gasteiger partial charge on any atom is -0.492 e. The van der Waals surface area contributed by atoms with Crippen LogP contribution in [0.2, 0.25) is 0 Å². The molecule has 12 nitrogen and oxygen atoms in total.